The van der Waals surface area contributed by atoms with Gasteiger partial charge in [0.05, 0.1) is 0 Å². The van der Waals surface area contributed by atoms with Gasteiger partial charge in [-0.1, -0.05) is 0 Å². The van der Waals surface area contributed by atoms with Crippen LogP contribution in [0.4, 0.5) is 0 Å². The first-order valence-electron chi connectivity index (χ1n) is 0.200. The summed E-state index contributed by atoms with van der Waals surface area (Å²) in [7, 11) is 0. The van der Waals surface area contributed by atoms with Gasteiger partial charge in [0.2, 0.25) is 0 Å². The quantitative estimate of drug-likeness (QED) is 0.499. The fourth-order valence-corrected chi connectivity index (χ4v) is 0. The zero-order chi connectivity index (χ0) is 2.00. The van der Waals surface area contributed by atoms with E-state index in [-0.39, 0.29) is 39.6 Å². The molecule has 0 nitrogen and oxygen atoms in total. The van der Waals surface area contributed by atoms with E-state index < -0.39 is 0 Å². The van der Waals surface area contributed by atoms with Gasteiger partial charge < -0.3 is 0 Å². The molecule has 0 aromatic rings. The normalized spacial score (nSPS) is 1.25. The van der Waals surface area contributed by atoms with Crippen molar-refractivity contribution in [1.29, 1.82) is 0 Å². The van der Waals surface area contributed by atoms with Crippen molar-refractivity contribution < 1.29 is 56.9 Å². The van der Waals surface area contributed by atoms with Crippen LogP contribution < -0.4 is 0 Å². The predicted molar refractivity (Wildman–Crippen MR) is 7.15 cm³/mol. The van der Waals surface area contributed by atoms with Gasteiger partial charge in [-0.25, -0.2) is 0 Å². The van der Waals surface area contributed by atoms with Crippen LogP contribution in [0.2, 0.25) is 0 Å². The minimum atomic E-state index is 0. The third-order valence-corrected chi connectivity index (χ3v) is 0. The Kier molecular flexibility index (Phi) is 67.5. The van der Waals surface area contributed by atoms with Crippen LogP contribution in [0.25, 0.3) is 0 Å². The molecule has 0 atom stereocenters. The van der Waals surface area contributed by atoms with Gasteiger partial charge in [-0.05, 0) is 0 Å². The Labute approximate surface area is 74.3 Å². The van der Waals surface area contributed by atoms with Gasteiger partial charge in [0.1, 0.15) is 0 Å². The molecule has 0 aromatic heterocycles. The maximum absolute atomic E-state index is 1.80. The maximum Gasteiger partial charge on any atom is 0 e. The Hall–Kier alpha value is 2.80. The molecule has 0 aliphatic rings. The van der Waals surface area contributed by atoms with E-state index in [1.165, 1.54) is 0 Å². The molecule has 1 radical (unpaired) electrons. The van der Waals surface area contributed by atoms with Crippen molar-refractivity contribution in [3.63, 3.8) is 0 Å². The van der Waals surface area contributed by atoms with E-state index in [0.29, 0.717) is 0 Å². The van der Waals surface area contributed by atoms with Crippen molar-refractivity contribution in [3.8, 4) is 0 Å². The second kappa shape index (κ2) is 17.0. The Balaban J connectivity index is -0.00000000500. The summed E-state index contributed by atoms with van der Waals surface area (Å²) in [6.07, 6.45) is 0. The molecule has 0 aromatic carbocycles. The summed E-state index contributed by atoms with van der Waals surface area (Å²) in [5.74, 6) is 0. The van der Waals surface area contributed by atoms with Crippen LogP contribution in [0.5, 0.6) is 0 Å². The van der Waals surface area contributed by atoms with Crippen LogP contribution in [-0.2, 0) is 56.9 Å². The van der Waals surface area contributed by atoms with Gasteiger partial charge in [0, 0.05) is 39.6 Å². The number of hydrogen-bond acceptors (Lipinski definition) is 0. The van der Waals surface area contributed by atoms with E-state index in [4.69, 9.17) is 0 Å². The largest absolute Gasteiger partial charge is 0 e. The Morgan fingerprint density at radius 1 is 1.25 bits per heavy atom. The van der Waals surface area contributed by atoms with Crippen molar-refractivity contribution in [3.05, 3.63) is 0 Å². The van der Waals surface area contributed by atoms with E-state index in [9.17, 15) is 0 Å². The van der Waals surface area contributed by atoms with E-state index in [2.05, 4.69) is 0 Å². The molecule has 0 saturated carbocycles. The SMILES string of the molecule is [Mo].[Nb][TeH].[V]. The van der Waals surface area contributed by atoms with Gasteiger partial charge >= 0.3 is 36.1 Å². The summed E-state index contributed by atoms with van der Waals surface area (Å²) in [5.41, 5.74) is 0. The molecular formula is HMoNbTeV. The van der Waals surface area contributed by atoms with Crippen LogP contribution in [0.1, 0.15) is 0 Å². The van der Waals surface area contributed by atoms with Crippen LogP contribution in [0.3, 0.4) is 0 Å². The summed E-state index contributed by atoms with van der Waals surface area (Å²) in [4.78, 5) is 0. The smallest absolute Gasteiger partial charge is 0 e. The molecule has 0 bridgehead atoms. The summed E-state index contributed by atoms with van der Waals surface area (Å²) < 4.78 is 0. The standard InChI is InChI=1S/Mo.Nb.H2Te.V/h;;1H2;/q;+1;;/p-1. The van der Waals surface area contributed by atoms with Crippen molar-refractivity contribution in [2.45, 2.75) is 0 Å². The minimum absolute atomic E-state index is 0. The molecule has 0 amide bonds. The zero-order valence-corrected chi connectivity index (χ0v) is 9.90. The van der Waals surface area contributed by atoms with Crippen molar-refractivity contribution in [1.82, 2.24) is 0 Å². The molecule has 0 saturated heterocycles. The average Bonchev–Trinajstić information content (AvgIpc) is 1.00. The van der Waals surface area contributed by atoms with Gasteiger partial charge in [0.25, 0.3) is 0 Å². The molecule has 0 spiro atoms. The van der Waals surface area contributed by atoms with Crippen LogP contribution >= 0.6 is 0 Å². The van der Waals surface area contributed by atoms with Gasteiger partial charge in [-0.15, -0.1) is 0 Å². The molecule has 0 heterocycles. The molecule has 0 aliphatic heterocycles. The van der Waals surface area contributed by atoms with Crippen molar-refractivity contribution in [2.24, 2.45) is 0 Å². The first-order chi connectivity index (χ1) is 1.00. The molecule has 0 fully saturated rings. The van der Waals surface area contributed by atoms with Crippen molar-refractivity contribution in [2.75, 3.05) is 0 Å². The van der Waals surface area contributed by atoms with E-state index >= 15 is 0 Å². The Morgan fingerprint density at radius 3 is 1.25 bits per heavy atom. The fourth-order valence-electron chi connectivity index (χ4n) is 0. The topological polar surface area (TPSA) is 0 Å². The number of hydrogen-bond donors (Lipinski definition) is 0. The monoisotopic (exact) mass is 373 g/mol. The number of rotatable bonds is 0. The van der Waals surface area contributed by atoms with Crippen molar-refractivity contribution >= 4 is 18.8 Å². The van der Waals surface area contributed by atoms with E-state index in [1.807, 2.05) is 0 Å². The summed E-state index contributed by atoms with van der Waals surface area (Å²) in [6, 6.07) is 0. The van der Waals surface area contributed by atoms with Gasteiger partial charge in [-0.2, -0.15) is 0 Å². The molecule has 0 rings (SSSR count). The molecule has 4 heteroatoms. The molecule has 0 N–H and O–H groups in total. The second-order valence-electron chi connectivity index (χ2n) is 0. The molecule has 0 aliphatic carbocycles. The summed E-state index contributed by atoms with van der Waals surface area (Å²) in [5, 5.41) is 0. The summed E-state index contributed by atoms with van der Waals surface area (Å²) >= 11 is 3.60. The molecule has 0 unspecified atom stereocenters. The van der Waals surface area contributed by atoms with Crippen LogP contribution in [-0.4, -0.2) is 18.8 Å². The second-order valence-corrected chi connectivity index (χ2v) is 0. The zero-order valence-electron chi connectivity index (χ0n) is 1.75. The molecule has 23 valence electrons. The average molecular weight is 368 g/mol. The predicted octanol–water partition coefficient (Wildman–Crippen LogP) is -0.656. The molecule has 4 heavy (non-hydrogen) atoms. The van der Waals surface area contributed by atoms with E-state index in [1.54, 1.807) is 36.1 Å². The molecular weight excluding hydrogens is 367 g/mol. The maximum atomic E-state index is 1.80. The van der Waals surface area contributed by atoms with Crippen LogP contribution in [0.15, 0.2) is 0 Å². The van der Waals surface area contributed by atoms with Gasteiger partial charge in [0.15, 0.2) is 0 Å². The Morgan fingerprint density at radius 2 is 1.25 bits per heavy atom. The Bertz CT molecular complexity index is 8.00. The third kappa shape index (κ3) is 8.84. The van der Waals surface area contributed by atoms with Crippen LogP contribution in [0, 0.1) is 0 Å². The van der Waals surface area contributed by atoms with E-state index in [0.717, 1.165) is 0 Å². The minimum Gasteiger partial charge on any atom is 0 e. The first kappa shape index (κ1) is 15.8. The fraction of sp³-hybridized carbons (Fsp3) is 0. The summed E-state index contributed by atoms with van der Waals surface area (Å²) in [6.45, 7) is 0. The van der Waals surface area contributed by atoms with Gasteiger partial charge in [-0.3, -0.25) is 0 Å². The first-order valence-corrected chi connectivity index (χ1v) is 7.94. The third-order valence-electron chi connectivity index (χ3n) is 0.